The molecule has 0 heterocycles. The fourth-order valence-electron chi connectivity index (χ4n) is 1.67. The summed E-state index contributed by atoms with van der Waals surface area (Å²) in [7, 11) is 0. The molecule has 0 aliphatic rings. The molecule has 1 rings (SSSR count). The van der Waals surface area contributed by atoms with Crippen LogP contribution in [0.5, 0.6) is 0 Å². The van der Waals surface area contributed by atoms with Gasteiger partial charge in [0.2, 0.25) is 0 Å². The number of rotatable bonds is 7. The second-order valence-electron chi connectivity index (χ2n) is 4.29. The normalized spacial score (nSPS) is 10.0. The van der Waals surface area contributed by atoms with Crippen molar-refractivity contribution in [1.82, 2.24) is 5.32 Å². The standard InChI is InChI=1S/C15H21NO3/c1-3-5-6-12-7-9-13(10-8-12)15(18)16-11-14(17)19-4-2/h7-10H,3-6,11H2,1-2H3,(H,16,18). The van der Waals surface area contributed by atoms with Crippen LogP contribution in [0.4, 0.5) is 0 Å². The molecule has 1 aromatic carbocycles. The quantitative estimate of drug-likeness (QED) is 0.768. The summed E-state index contributed by atoms with van der Waals surface area (Å²) in [5.41, 5.74) is 1.79. The summed E-state index contributed by atoms with van der Waals surface area (Å²) in [4.78, 5) is 22.9. The number of ether oxygens (including phenoxy) is 1. The lowest BCUT2D eigenvalue weighted by atomic mass is 10.1. The molecule has 0 fully saturated rings. The van der Waals surface area contributed by atoms with E-state index in [1.807, 2.05) is 12.1 Å². The van der Waals surface area contributed by atoms with E-state index < -0.39 is 5.97 Å². The van der Waals surface area contributed by atoms with Crippen molar-refractivity contribution in [3.05, 3.63) is 35.4 Å². The van der Waals surface area contributed by atoms with Crippen LogP contribution in [0.2, 0.25) is 0 Å². The monoisotopic (exact) mass is 263 g/mol. The summed E-state index contributed by atoms with van der Waals surface area (Å²) in [5, 5.41) is 2.53. The fraction of sp³-hybridized carbons (Fsp3) is 0.467. The van der Waals surface area contributed by atoms with Gasteiger partial charge in [-0.1, -0.05) is 25.5 Å². The van der Waals surface area contributed by atoms with Crippen molar-refractivity contribution < 1.29 is 14.3 Å². The van der Waals surface area contributed by atoms with Gasteiger partial charge in [0.1, 0.15) is 6.54 Å². The maximum Gasteiger partial charge on any atom is 0.325 e. The first kappa shape index (κ1) is 15.2. The van der Waals surface area contributed by atoms with E-state index in [4.69, 9.17) is 4.74 Å². The Morgan fingerprint density at radius 2 is 1.84 bits per heavy atom. The molecular weight excluding hydrogens is 242 g/mol. The Morgan fingerprint density at radius 1 is 1.16 bits per heavy atom. The highest BCUT2D eigenvalue weighted by Crippen LogP contribution is 2.07. The van der Waals surface area contributed by atoms with Crippen molar-refractivity contribution in [3.8, 4) is 0 Å². The van der Waals surface area contributed by atoms with Crippen LogP contribution >= 0.6 is 0 Å². The van der Waals surface area contributed by atoms with Gasteiger partial charge >= 0.3 is 5.97 Å². The van der Waals surface area contributed by atoms with Gasteiger partial charge in [-0.15, -0.1) is 0 Å². The molecule has 104 valence electrons. The van der Waals surface area contributed by atoms with Crippen molar-refractivity contribution in [3.63, 3.8) is 0 Å². The summed E-state index contributed by atoms with van der Waals surface area (Å²) < 4.78 is 4.74. The zero-order valence-corrected chi connectivity index (χ0v) is 11.6. The molecule has 0 saturated carbocycles. The number of nitrogens with one attached hydrogen (secondary N) is 1. The molecule has 0 atom stereocenters. The molecule has 0 aliphatic heterocycles. The average Bonchev–Trinajstić information content (AvgIpc) is 2.43. The molecule has 0 saturated heterocycles. The minimum atomic E-state index is -0.421. The van der Waals surface area contributed by atoms with Crippen molar-refractivity contribution in [2.45, 2.75) is 33.1 Å². The number of amides is 1. The lowest BCUT2D eigenvalue weighted by molar-refractivity contribution is -0.141. The molecule has 0 spiro atoms. The average molecular weight is 263 g/mol. The molecule has 0 radical (unpaired) electrons. The van der Waals surface area contributed by atoms with Crippen molar-refractivity contribution in [2.75, 3.05) is 13.2 Å². The maximum absolute atomic E-state index is 11.8. The van der Waals surface area contributed by atoms with E-state index in [0.717, 1.165) is 19.3 Å². The number of aryl methyl sites for hydroxylation is 1. The molecule has 1 amide bonds. The van der Waals surface area contributed by atoms with Crippen LogP contribution in [0.1, 0.15) is 42.6 Å². The summed E-state index contributed by atoms with van der Waals surface area (Å²) in [6.45, 7) is 4.11. The molecule has 1 aromatic rings. The van der Waals surface area contributed by atoms with E-state index in [0.29, 0.717) is 12.2 Å². The highest BCUT2D eigenvalue weighted by atomic mass is 16.5. The summed E-state index contributed by atoms with van der Waals surface area (Å²) >= 11 is 0. The summed E-state index contributed by atoms with van der Waals surface area (Å²) in [6.07, 6.45) is 3.33. The van der Waals surface area contributed by atoms with Crippen LogP contribution in [0.15, 0.2) is 24.3 Å². The van der Waals surface area contributed by atoms with Crippen molar-refractivity contribution in [1.29, 1.82) is 0 Å². The molecule has 19 heavy (non-hydrogen) atoms. The first-order chi connectivity index (χ1) is 9.17. The molecule has 0 bridgehead atoms. The number of unbranched alkanes of at least 4 members (excludes halogenated alkanes) is 1. The smallest absolute Gasteiger partial charge is 0.325 e. The van der Waals surface area contributed by atoms with E-state index in [-0.39, 0.29) is 12.5 Å². The summed E-state index contributed by atoms with van der Waals surface area (Å²) in [5.74, 6) is -0.675. The van der Waals surface area contributed by atoms with Crippen LogP contribution in [0.3, 0.4) is 0 Å². The van der Waals surface area contributed by atoms with Crippen LogP contribution in [0.25, 0.3) is 0 Å². The van der Waals surface area contributed by atoms with E-state index >= 15 is 0 Å². The van der Waals surface area contributed by atoms with Gasteiger partial charge in [-0.25, -0.2) is 0 Å². The molecule has 4 nitrogen and oxygen atoms in total. The molecule has 1 N–H and O–H groups in total. The number of hydrogen-bond acceptors (Lipinski definition) is 3. The molecule has 4 heteroatoms. The number of carbonyl (C=O) groups excluding carboxylic acids is 2. The Hall–Kier alpha value is -1.84. The number of hydrogen-bond donors (Lipinski definition) is 1. The van der Waals surface area contributed by atoms with Gasteiger partial charge in [-0.3, -0.25) is 9.59 Å². The lowest BCUT2D eigenvalue weighted by Gasteiger charge is -2.06. The van der Waals surface area contributed by atoms with Crippen LogP contribution in [0, 0.1) is 0 Å². The van der Waals surface area contributed by atoms with Gasteiger partial charge in [0.15, 0.2) is 0 Å². The van der Waals surface area contributed by atoms with Crippen LogP contribution < -0.4 is 5.32 Å². The zero-order valence-electron chi connectivity index (χ0n) is 11.6. The molecule has 0 aromatic heterocycles. The Morgan fingerprint density at radius 3 is 2.42 bits per heavy atom. The lowest BCUT2D eigenvalue weighted by Crippen LogP contribution is -2.30. The van der Waals surface area contributed by atoms with Crippen LogP contribution in [-0.4, -0.2) is 25.0 Å². The van der Waals surface area contributed by atoms with E-state index in [1.54, 1.807) is 19.1 Å². The van der Waals surface area contributed by atoms with Crippen molar-refractivity contribution >= 4 is 11.9 Å². The molecule has 0 aliphatic carbocycles. The first-order valence-corrected chi connectivity index (χ1v) is 6.70. The van der Waals surface area contributed by atoms with Gasteiger partial charge in [-0.05, 0) is 37.5 Å². The second-order valence-corrected chi connectivity index (χ2v) is 4.29. The predicted molar refractivity (Wildman–Crippen MR) is 74.0 cm³/mol. The summed E-state index contributed by atoms with van der Waals surface area (Å²) in [6, 6.07) is 7.47. The molecular formula is C15H21NO3. The Labute approximate surface area is 114 Å². The fourth-order valence-corrected chi connectivity index (χ4v) is 1.67. The third kappa shape index (κ3) is 5.55. The minimum Gasteiger partial charge on any atom is -0.465 e. The number of benzene rings is 1. The maximum atomic E-state index is 11.8. The third-order valence-electron chi connectivity index (χ3n) is 2.73. The topological polar surface area (TPSA) is 55.4 Å². The second kappa shape index (κ2) is 8.29. The van der Waals surface area contributed by atoms with E-state index in [2.05, 4.69) is 12.2 Å². The Balaban J connectivity index is 2.46. The predicted octanol–water partition coefficient (Wildman–Crippen LogP) is 2.32. The zero-order chi connectivity index (χ0) is 14.1. The highest BCUT2D eigenvalue weighted by molar-refractivity contribution is 5.95. The highest BCUT2D eigenvalue weighted by Gasteiger charge is 2.08. The number of carbonyl (C=O) groups is 2. The minimum absolute atomic E-state index is 0.0930. The Kier molecular flexibility index (Phi) is 6.64. The number of esters is 1. The van der Waals surface area contributed by atoms with Gasteiger partial charge in [0.25, 0.3) is 5.91 Å². The van der Waals surface area contributed by atoms with E-state index in [9.17, 15) is 9.59 Å². The van der Waals surface area contributed by atoms with Gasteiger partial charge in [0, 0.05) is 5.56 Å². The Bertz CT molecular complexity index is 412. The molecule has 0 unspecified atom stereocenters. The largest absolute Gasteiger partial charge is 0.465 e. The van der Waals surface area contributed by atoms with Crippen LogP contribution in [-0.2, 0) is 16.0 Å². The van der Waals surface area contributed by atoms with Gasteiger partial charge in [-0.2, -0.15) is 0 Å². The van der Waals surface area contributed by atoms with Crippen molar-refractivity contribution in [2.24, 2.45) is 0 Å². The van der Waals surface area contributed by atoms with Gasteiger partial charge in [0.05, 0.1) is 6.61 Å². The third-order valence-corrected chi connectivity index (χ3v) is 2.73. The van der Waals surface area contributed by atoms with E-state index in [1.165, 1.54) is 5.56 Å². The SMILES string of the molecule is CCCCc1ccc(C(=O)NCC(=O)OCC)cc1. The van der Waals surface area contributed by atoms with Gasteiger partial charge < -0.3 is 10.1 Å². The first-order valence-electron chi connectivity index (χ1n) is 6.70.